The molecule has 2 aliphatic heterocycles. The summed E-state index contributed by atoms with van der Waals surface area (Å²) in [6.07, 6.45) is 1.52. The lowest BCUT2D eigenvalue weighted by atomic mass is 10.1. The van der Waals surface area contributed by atoms with Gasteiger partial charge < -0.3 is 28.3 Å². The molecule has 1 aromatic heterocycles. The van der Waals surface area contributed by atoms with E-state index >= 15 is 0 Å². The number of esters is 1. The first-order valence-electron chi connectivity index (χ1n) is 9.27. The van der Waals surface area contributed by atoms with Gasteiger partial charge >= 0.3 is 5.97 Å². The first kappa shape index (κ1) is 18.8. The molecule has 30 heavy (non-hydrogen) atoms. The number of hydrogen-bond donors (Lipinski definition) is 0. The first-order chi connectivity index (χ1) is 14.5. The third-order valence-electron chi connectivity index (χ3n) is 4.95. The van der Waals surface area contributed by atoms with E-state index in [-0.39, 0.29) is 25.8 Å². The van der Waals surface area contributed by atoms with Gasteiger partial charge in [-0.25, -0.2) is 4.79 Å². The fraction of sp³-hybridized carbons (Fsp3) is 0.238. The van der Waals surface area contributed by atoms with Gasteiger partial charge in [-0.1, -0.05) is 15.9 Å². The predicted octanol–water partition coefficient (Wildman–Crippen LogP) is 3.45. The number of benzene rings is 2. The minimum atomic E-state index is -0.666. The summed E-state index contributed by atoms with van der Waals surface area (Å²) in [4.78, 5) is 25.4. The molecule has 2 aromatic carbocycles. The van der Waals surface area contributed by atoms with Crippen LogP contribution in [0.4, 0.5) is 0 Å². The third kappa shape index (κ3) is 3.06. The summed E-state index contributed by atoms with van der Waals surface area (Å²) in [5.74, 6) is 1.65. The fourth-order valence-electron chi connectivity index (χ4n) is 3.53. The molecular weight excluding hydrogens is 458 g/mol. The molecule has 3 aromatic rings. The van der Waals surface area contributed by atoms with Crippen molar-refractivity contribution >= 4 is 32.8 Å². The van der Waals surface area contributed by atoms with Gasteiger partial charge in [0.25, 0.3) is 0 Å². The monoisotopic (exact) mass is 473 g/mol. The molecule has 0 amide bonds. The van der Waals surface area contributed by atoms with Crippen LogP contribution in [0, 0.1) is 0 Å². The summed E-state index contributed by atoms with van der Waals surface area (Å²) < 4.78 is 29.5. The summed E-state index contributed by atoms with van der Waals surface area (Å²) in [6, 6.07) is 7.06. The van der Waals surface area contributed by atoms with Crippen molar-refractivity contribution in [2.75, 3.05) is 20.2 Å². The highest BCUT2D eigenvalue weighted by Crippen LogP contribution is 2.38. The molecule has 0 saturated heterocycles. The van der Waals surface area contributed by atoms with Gasteiger partial charge in [-0.05, 0) is 30.7 Å². The molecule has 0 radical (unpaired) electrons. The topological polar surface area (TPSA) is 85.2 Å². The Kier molecular flexibility index (Phi) is 4.54. The van der Waals surface area contributed by atoms with Crippen LogP contribution in [0.1, 0.15) is 22.8 Å². The number of halogens is 1. The zero-order valence-electron chi connectivity index (χ0n) is 15.9. The number of ether oxygens (including phenoxy) is 5. The molecule has 9 heteroatoms. The first-order valence-corrected chi connectivity index (χ1v) is 10.1. The Hall–Kier alpha value is -3.20. The van der Waals surface area contributed by atoms with E-state index in [0.717, 1.165) is 10.0 Å². The zero-order chi connectivity index (χ0) is 20.8. The Morgan fingerprint density at radius 2 is 1.67 bits per heavy atom. The number of hydrogen-bond acceptors (Lipinski definition) is 7. The van der Waals surface area contributed by atoms with Crippen LogP contribution >= 0.6 is 15.9 Å². The number of rotatable bonds is 4. The van der Waals surface area contributed by atoms with Gasteiger partial charge in [0.05, 0.1) is 17.5 Å². The van der Waals surface area contributed by atoms with Crippen LogP contribution in [0.2, 0.25) is 0 Å². The molecule has 0 unspecified atom stereocenters. The molecule has 154 valence electrons. The maximum Gasteiger partial charge on any atom is 0.343 e. The van der Waals surface area contributed by atoms with Gasteiger partial charge in [-0.2, -0.15) is 0 Å². The van der Waals surface area contributed by atoms with Gasteiger partial charge in [0.2, 0.25) is 19.0 Å². The van der Waals surface area contributed by atoms with E-state index in [0.29, 0.717) is 40.4 Å². The lowest BCUT2D eigenvalue weighted by molar-refractivity contribution is 0.0524. The maximum absolute atomic E-state index is 13.0. The summed E-state index contributed by atoms with van der Waals surface area (Å²) in [5, 5.41) is 0.349. The number of carbonyl (C=O) groups excluding carboxylic acids is 1. The summed E-state index contributed by atoms with van der Waals surface area (Å²) in [5.41, 5.74) is 1.04. The highest BCUT2D eigenvalue weighted by molar-refractivity contribution is 9.10. The number of fused-ring (bicyclic) bond motifs is 3. The molecule has 0 spiro atoms. The Balaban J connectivity index is 1.69. The van der Waals surface area contributed by atoms with Gasteiger partial charge in [-0.15, -0.1) is 0 Å². The van der Waals surface area contributed by atoms with E-state index in [2.05, 4.69) is 15.9 Å². The van der Waals surface area contributed by atoms with Crippen LogP contribution in [0.15, 0.2) is 39.7 Å². The number of nitrogens with zero attached hydrogens (tertiary/aromatic N) is 1. The zero-order valence-corrected chi connectivity index (χ0v) is 17.5. The Bertz CT molecular complexity index is 1250. The second-order valence-electron chi connectivity index (χ2n) is 6.74. The average molecular weight is 474 g/mol. The lowest BCUT2D eigenvalue weighted by Crippen LogP contribution is -2.21. The Labute approximate surface area is 179 Å². The van der Waals surface area contributed by atoms with E-state index in [1.165, 1.54) is 6.20 Å². The average Bonchev–Trinajstić information content (AvgIpc) is 3.37. The molecule has 0 atom stereocenters. The SMILES string of the molecule is CCOC(=O)c1cn(Cc2cc3c(cc2Br)OCO3)c2cc3c(cc2c1=O)OCO3. The van der Waals surface area contributed by atoms with Crippen molar-refractivity contribution in [3.05, 3.63) is 56.3 Å². The van der Waals surface area contributed by atoms with Gasteiger partial charge in [-0.3, -0.25) is 4.79 Å². The number of aromatic nitrogens is 1. The molecule has 2 aliphatic rings. The van der Waals surface area contributed by atoms with Crippen molar-refractivity contribution < 1.29 is 28.5 Å². The highest BCUT2D eigenvalue weighted by atomic mass is 79.9. The predicted molar refractivity (Wildman–Crippen MR) is 110 cm³/mol. The van der Waals surface area contributed by atoms with E-state index in [1.54, 1.807) is 19.1 Å². The molecule has 0 saturated carbocycles. The van der Waals surface area contributed by atoms with Crippen molar-refractivity contribution in [3.63, 3.8) is 0 Å². The summed E-state index contributed by atoms with van der Waals surface area (Å²) in [7, 11) is 0. The molecule has 0 aliphatic carbocycles. The van der Waals surface area contributed by atoms with E-state index < -0.39 is 11.4 Å². The largest absolute Gasteiger partial charge is 0.462 e. The van der Waals surface area contributed by atoms with E-state index in [4.69, 9.17) is 23.7 Å². The van der Waals surface area contributed by atoms with Gasteiger partial charge in [0.15, 0.2) is 23.0 Å². The maximum atomic E-state index is 13.0. The third-order valence-corrected chi connectivity index (χ3v) is 5.69. The van der Waals surface area contributed by atoms with Crippen molar-refractivity contribution in [2.45, 2.75) is 13.5 Å². The normalized spacial score (nSPS) is 13.7. The molecule has 0 N–H and O–H groups in total. The van der Waals surface area contributed by atoms with E-state index in [9.17, 15) is 9.59 Å². The second-order valence-corrected chi connectivity index (χ2v) is 7.59. The Morgan fingerprint density at radius 1 is 1.03 bits per heavy atom. The Morgan fingerprint density at radius 3 is 2.37 bits per heavy atom. The smallest absolute Gasteiger partial charge is 0.343 e. The van der Waals surface area contributed by atoms with Crippen LogP contribution in [-0.4, -0.2) is 30.7 Å². The van der Waals surface area contributed by atoms with Crippen LogP contribution in [0.5, 0.6) is 23.0 Å². The standard InChI is InChI=1S/C21H16BrNO7/c1-2-26-21(25)13-8-23(7-11-3-16-18(5-14(11)22)29-9-27-16)15-6-19-17(28-10-30-19)4-12(15)20(13)24/h3-6,8H,2,7,9-10H2,1H3. The minimum absolute atomic E-state index is 0.0416. The second kappa shape index (κ2) is 7.24. The molecule has 0 bridgehead atoms. The highest BCUT2D eigenvalue weighted by Gasteiger charge is 2.23. The van der Waals surface area contributed by atoms with Crippen LogP contribution in [0.25, 0.3) is 10.9 Å². The number of pyridine rings is 1. The quantitative estimate of drug-likeness (QED) is 0.536. The molecule has 3 heterocycles. The fourth-order valence-corrected chi connectivity index (χ4v) is 3.98. The lowest BCUT2D eigenvalue weighted by Gasteiger charge is -2.15. The van der Waals surface area contributed by atoms with Crippen LogP contribution < -0.4 is 24.4 Å². The van der Waals surface area contributed by atoms with Crippen molar-refractivity contribution in [3.8, 4) is 23.0 Å². The molecular formula is C21H16BrNO7. The van der Waals surface area contributed by atoms with Gasteiger partial charge in [0, 0.05) is 23.3 Å². The van der Waals surface area contributed by atoms with Crippen LogP contribution in [-0.2, 0) is 11.3 Å². The summed E-state index contributed by atoms with van der Waals surface area (Å²) in [6.45, 7) is 2.48. The van der Waals surface area contributed by atoms with Crippen molar-refractivity contribution in [1.29, 1.82) is 0 Å². The molecule has 0 fully saturated rings. The van der Waals surface area contributed by atoms with Crippen molar-refractivity contribution in [2.24, 2.45) is 0 Å². The number of carbonyl (C=O) groups is 1. The van der Waals surface area contributed by atoms with E-state index in [1.807, 2.05) is 16.7 Å². The van der Waals surface area contributed by atoms with Gasteiger partial charge in [0.1, 0.15) is 5.56 Å². The molecule has 5 rings (SSSR count). The summed E-state index contributed by atoms with van der Waals surface area (Å²) >= 11 is 3.56. The minimum Gasteiger partial charge on any atom is -0.462 e. The van der Waals surface area contributed by atoms with Crippen molar-refractivity contribution in [1.82, 2.24) is 4.57 Å². The molecule has 8 nitrogen and oxygen atoms in total. The van der Waals surface area contributed by atoms with Crippen LogP contribution in [0.3, 0.4) is 0 Å².